The number of rotatable bonds is 3. The Morgan fingerprint density at radius 3 is 2.75 bits per heavy atom. The minimum atomic E-state index is 0.153. The molecule has 1 saturated heterocycles. The molecule has 2 aliphatic rings. The van der Waals surface area contributed by atoms with Gasteiger partial charge in [-0.1, -0.05) is 24.3 Å². The molecule has 1 aromatic heterocycles. The third kappa shape index (κ3) is 2.88. The van der Waals surface area contributed by atoms with Crippen LogP contribution in [-0.4, -0.2) is 36.0 Å². The molecule has 1 atom stereocenters. The first-order valence-electron chi connectivity index (χ1n) is 10.3. The number of carbonyl (C=O) groups excluding carboxylic acids is 1. The van der Waals surface area contributed by atoms with E-state index in [1.165, 1.54) is 35.0 Å². The summed E-state index contributed by atoms with van der Waals surface area (Å²) in [5, 5.41) is 1.24. The summed E-state index contributed by atoms with van der Waals surface area (Å²) in [4.78, 5) is 18.9. The number of hydrogen-bond acceptors (Lipinski definition) is 2. The fourth-order valence-electron chi connectivity index (χ4n) is 4.87. The number of aromatic amines is 1. The zero-order valence-corrected chi connectivity index (χ0v) is 16.3. The average Bonchev–Trinajstić information content (AvgIpc) is 3.38. The fraction of sp³-hybridized carbons (Fsp3) is 0.375. The second-order valence-corrected chi connectivity index (χ2v) is 8.03. The van der Waals surface area contributed by atoms with Crippen LogP contribution in [0.3, 0.4) is 0 Å². The molecular formula is C24H26N2O2. The highest BCUT2D eigenvalue weighted by Gasteiger charge is 2.29. The van der Waals surface area contributed by atoms with Crippen LogP contribution >= 0.6 is 0 Å². The first-order chi connectivity index (χ1) is 13.7. The molecular weight excluding hydrogens is 348 g/mol. The normalized spacial score (nSPS) is 19.0. The number of amides is 1. The molecule has 28 heavy (non-hydrogen) atoms. The molecule has 1 aliphatic carbocycles. The van der Waals surface area contributed by atoms with Crippen LogP contribution in [-0.2, 0) is 12.8 Å². The zero-order chi connectivity index (χ0) is 19.1. The van der Waals surface area contributed by atoms with Crippen molar-refractivity contribution in [1.82, 2.24) is 9.88 Å². The van der Waals surface area contributed by atoms with Crippen LogP contribution in [0.1, 0.15) is 52.4 Å². The third-order valence-corrected chi connectivity index (χ3v) is 6.43. The molecule has 2 aromatic carbocycles. The van der Waals surface area contributed by atoms with Crippen LogP contribution in [0.15, 0.2) is 42.5 Å². The predicted octanol–water partition coefficient (Wildman–Crippen LogP) is 4.69. The minimum absolute atomic E-state index is 0.153. The first kappa shape index (κ1) is 17.4. The molecule has 1 unspecified atom stereocenters. The number of fused-ring (bicyclic) bond motifs is 3. The number of carbonyl (C=O) groups is 1. The van der Waals surface area contributed by atoms with Crippen molar-refractivity contribution in [2.45, 2.75) is 38.0 Å². The molecule has 0 bridgehead atoms. The van der Waals surface area contributed by atoms with Gasteiger partial charge in [0.2, 0.25) is 0 Å². The van der Waals surface area contributed by atoms with Crippen molar-refractivity contribution >= 4 is 16.8 Å². The van der Waals surface area contributed by atoms with Gasteiger partial charge in [0.05, 0.1) is 18.2 Å². The summed E-state index contributed by atoms with van der Waals surface area (Å²) >= 11 is 0. The van der Waals surface area contributed by atoms with Gasteiger partial charge in [-0.05, 0) is 61.4 Å². The number of nitrogens with zero attached hydrogens (tertiary/aromatic N) is 1. The number of likely N-dealkylation sites (tertiary alicyclic amines) is 1. The van der Waals surface area contributed by atoms with Crippen LogP contribution in [0, 0.1) is 0 Å². The third-order valence-electron chi connectivity index (χ3n) is 6.43. The molecule has 5 rings (SSSR count). The Labute approximate surface area is 165 Å². The van der Waals surface area contributed by atoms with E-state index in [0.29, 0.717) is 5.92 Å². The molecule has 0 spiro atoms. The van der Waals surface area contributed by atoms with E-state index < -0.39 is 0 Å². The molecule has 0 saturated carbocycles. The van der Waals surface area contributed by atoms with Crippen molar-refractivity contribution in [2.24, 2.45) is 0 Å². The van der Waals surface area contributed by atoms with Gasteiger partial charge in [0.15, 0.2) is 0 Å². The van der Waals surface area contributed by atoms with E-state index in [0.717, 1.165) is 49.2 Å². The minimum Gasteiger partial charge on any atom is -0.497 e. The lowest BCUT2D eigenvalue weighted by Crippen LogP contribution is -2.28. The second-order valence-electron chi connectivity index (χ2n) is 8.03. The molecule has 3 aromatic rings. The summed E-state index contributed by atoms with van der Waals surface area (Å²) in [6.45, 7) is 1.59. The summed E-state index contributed by atoms with van der Waals surface area (Å²) in [6, 6.07) is 14.4. The second kappa shape index (κ2) is 7.01. The fourth-order valence-corrected chi connectivity index (χ4v) is 4.87. The van der Waals surface area contributed by atoms with E-state index in [-0.39, 0.29) is 5.91 Å². The van der Waals surface area contributed by atoms with E-state index in [2.05, 4.69) is 23.2 Å². The lowest BCUT2D eigenvalue weighted by atomic mass is 9.95. The van der Waals surface area contributed by atoms with Crippen LogP contribution in [0.25, 0.3) is 10.9 Å². The molecule has 1 aliphatic heterocycles. The average molecular weight is 374 g/mol. The van der Waals surface area contributed by atoms with Gasteiger partial charge >= 0.3 is 0 Å². The van der Waals surface area contributed by atoms with E-state index in [1.807, 2.05) is 29.2 Å². The van der Waals surface area contributed by atoms with Crippen LogP contribution < -0.4 is 4.74 Å². The Bertz CT molecular complexity index is 1020. The maximum atomic E-state index is 13.3. The largest absolute Gasteiger partial charge is 0.497 e. The molecule has 0 radical (unpaired) electrons. The number of H-pyrrole nitrogens is 1. The number of methoxy groups -OCH3 is 1. The van der Waals surface area contributed by atoms with Crippen LogP contribution in [0.5, 0.6) is 5.75 Å². The van der Waals surface area contributed by atoms with E-state index in [4.69, 9.17) is 4.74 Å². The van der Waals surface area contributed by atoms with E-state index in [1.54, 1.807) is 7.11 Å². The number of benzene rings is 2. The van der Waals surface area contributed by atoms with Crippen molar-refractivity contribution in [2.75, 3.05) is 20.2 Å². The summed E-state index contributed by atoms with van der Waals surface area (Å²) in [5.74, 6) is 1.42. The summed E-state index contributed by atoms with van der Waals surface area (Å²) < 4.78 is 5.26. The van der Waals surface area contributed by atoms with Gasteiger partial charge in [-0.3, -0.25) is 4.79 Å². The van der Waals surface area contributed by atoms with Gasteiger partial charge in [0.1, 0.15) is 5.75 Å². The molecule has 1 N–H and O–H groups in total. The standard InChI is InChI=1S/C24H26N2O2/c1-28-18-11-9-16(10-12-18)17-13-14-26(15-17)24(27)21-7-4-6-20-19-5-2-3-8-22(19)25-23(20)21/h4,6-7,9-12,17,25H,2-3,5,8,13-15H2,1H3. The lowest BCUT2D eigenvalue weighted by Gasteiger charge is -2.17. The maximum Gasteiger partial charge on any atom is 0.256 e. The Morgan fingerprint density at radius 2 is 1.93 bits per heavy atom. The van der Waals surface area contributed by atoms with Crippen LogP contribution in [0.2, 0.25) is 0 Å². The van der Waals surface area contributed by atoms with Gasteiger partial charge in [-0.25, -0.2) is 0 Å². The summed E-state index contributed by atoms with van der Waals surface area (Å²) in [6.07, 6.45) is 5.71. The molecule has 1 amide bonds. The Hall–Kier alpha value is -2.75. The predicted molar refractivity (Wildman–Crippen MR) is 111 cm³/mol. The number of hydrogen-bond donors (Lipinski definition) is 1. The van der Waals surface area contributed by atoms with Gasteiger partial charge in [-0.2, -0.15) is 0 Å². The molecule has 4 heteroatoms. The lowest BCUT2D eigenvalue weighted by molar-refractivity contribution is 0.0792. The Morgan fingerprint density at radius 1 is 1.11 bits per heavy atom. The topological polar surface area (TPSA) is 45.3 Å². The van der Waals surface area contributed by atoms with Crippen molar-refractivity contribution in [1.29, 1.82) is 0 Å². The van der Waals surface area contributed by atoms with Gasteiger partial charge in [-0.15, -0.1) is 0 Å². The van der Waals surface area contributed by atoms with E-state index in [9.17, 15) is 4.79 Å². The molecule has 144 valence electrons. The number of nitrogens with one attached hydrogen (secondary N) is 1. The van der Waals surface area contributed by atoms with Crippen molar-refractivity contribution in [3.63, 3.8) is 0 Å². The van der Waals surface area contributed by atoms with E-state index >= 15 is 0 Å². The highest BCUT2D eigenvalue weighted by Crippen LogP contribution is 2.33. The van der Waals surface area contributed by atoms with Crippen molar-refractivity contribution in [3.05, 3.63) is 64.8 Å². The number of aromatic nitrogens is 1. The smallest absolute Gasteiger partial charge is 0.256 e. The van der Waals surface area contributed by atoms with Gasteiger partial charge < -0.3 is 14.6 Å². The highest BCUT2D eigenvalue weighted by molar-refractivity contribution is 6.07. The van der Waals surface area contributed by atoms with Crippen molar-refractivity contribution < 1.29 is 9.53 Å². The van der Waals surface area contributed by atoms with Crippen LogP contribution in [0.4, 0.5) is 0 Å². The number of ether oxygens (including phenoxy) is 1. The molecule has 4 nitrogen and oxygen atoms in total. The van der Waals surface area contributed by atoms with Crippen molar-refractivity contribution in [3.8, 4) is 5.75 Å². The maximum absolute atomic E-state index is 13.3. The van der Waals surface area contributed by atoms with Gasteiger partial charge in [0, 0.05) is 30.1 Å². The quantitative estimate of drug-likeness (QED) is 0.723. The number of aryl methyl sites for hydroxylation is 2. The van der Waals surface area contributed by atoms with Gasteiger partial charge in [0.25, 0.3) is 5.91 Å². The zero-order valence-electron chi connectivity index (χ0n) is 16.3. The summed E-state index contributed by atoms with van der Waals surface area (Å²) in [7, 11) is 1.68. The monoisotopic (exact) mass is 374 g/mol. The molecule has 2 heterocycles. The Kier molecular flexibility index (Phi) is 4.34. The molecule has 1 fully saturated rings. The first-order valence-corrected chi connectivity index (χ1v) is 10.3. The Balaban J connectivity index is 1.40. The summed E-state index contributed by atoms with van der Waals surface area (Å²) in [5.41, 5.74) is 5.90. The highest BCUT2D eigenvalue weighted by atomic mass is 16.5. The SMILES string of the molecule is COc1ccc(C2CCN(C(=O)c3cccc4c5c([nH]c34)CCCC5)C2)cc1. The number of para-hydroxylation sites is 1.